The molecule has 0 aliphatic carbocycles. The molecular formula is C16H16N2O. The van der Waals surface area contributed by atoms with Gasteiger partial charge in [-0.1, -0.05) is 24.3 Å². The lowest BCUT2D eigenvalue weighted by molar-refractivity contribution is 0.306. The summed E-state index contributed by atoms with van der Waals surface area (Å²) >= 11 is 0. The lowest BCUT2D eigenvalue weighted by Crippen LogP contribution is -2.02. The highest BCUT2D eigenvalue weighted by Crippen LogP contribution is 2.14. The molecule has 0 radical (unpaired) electrons. The van der Waals surface area contributed by atoms with Crippen LogP contribution in [-0.2, 0) is 13.0 Å². The van der Waals surface area contributed by atoms with Crippen molar-refractivity contribution in [2.75, 3.05) is 6.54 Å². The van der Waals surface area contributed by atoms with Crippen molar-refractivity contribution in [3.63, 3.8) is 0 Å². The Hall–Kier alpha value is -2.31. The molecule has 0 heterocycles. The van der Waals surface area contributed by atoms with Crippen LogP contribution in [0.1, 0.15) is 16.7 Å². The van der Waals surface area contributed by atoms with E-state index in [1.54, 1.807) is 12.1 Å². The van der Waals surface area contributed by atoms with Crippen molar-refractivity contribution in [2.45, 2.75) is 13.0 Å². The molecule has 2 aromatic rings. The van der Waals surface area contributed by atoms with Gasteiger partial charge >= 0.3 is 0 Å². The summed E-state index contributed by atoms with van der Waals surface area (Å²) in [6.07, 6.45) is 0.885. The summed E-state index contributed by atoms with van der Waals surface area (Å²) in [5, 5.41) is 8.72. The molecule has 0 saturated heterocycles. The third kappa shape index (κ3) is 3.84. The van der Waals surface area contributed by atoms with E-state index >= 15 is 0 Å². The average molecular weight is 252 g/mol. The lowest BCUT2D eigenvalue weighted by Gasteiger charge is -2.07. The van der Waals surface area contributed by atoms with E-state index in [9.17, 15) is 0 Å². The first-order valence-electron chi connectivity index (χ1n) is 6.22. The average Bonchev–Trinajstić information content (AvgIpc) is 2.47. The summed E-state index contributed by atoms with van der Waals surface area (Å²) < 4.78 is 5.68. The van der Waals surface area contributed by atoms with Crippen molar-refractivity contribution >= 4 is 0 Å². The first kappa shape index (κ1) is 13.1. The van der Waals surface area contributed by atoms with Gasteiger partial charge in [-0.15, -0.1) is 0 Å². The quantitative estimate of drug-likeness (QED) is 0.890. The van der Waals surface area contributed by atoms with Crippen LogP contribution in [0.3, 0.4) is 0 Å². The smallest absolute Gasteiger partial charge is 0.119 e. The molecule has 0 aromatic heterocycles. The van der Waals surface area contributed by atoms with Gasteiger partial charge in [0.25, 0.3) is 0 Å². The Morgan fingerprint density at radius 3 is 2.16 bits per heavy atom. The summed E-state index contributed by atoms with van der Waals surface area (Å²) in [5.41, 5.74) is 8.43. The summed E-state index contributed by atoms with van der Waals surface area (Å²) in [6, 6.07) is 17.5. The van der Waals surface area contributed by atoms with Crippen molar-refractivity contribution in [2.24, 2.45) is 5.73 Å². The number of nitrogens with two attached hydrogens (primary N) is 1. The van der Waals surface area contributed by atoms with Gasteiger partial charge in [-0.05, 0) is 48.4 Å². The zero-order valence-electron chi connectivity index (χ0n) is 10.7. The Labute approximate surface area is 113 Å². The van der Waals surface area contributed by atoms with Crippen LogP contribution in [0.2, 0.25) is 0 Å². The molecule has 2 rings (SSSR count). The van der Waals surface area contributed by atoms with Crippen molar-refractivity contribution in [1.82, 2.24) is 0 Å². The predicted octanol–water partition coefficient (Wildman–Crippen LogP) is 2.64. The summed E-state index contributed by atoms with van der Waals surface area (Å²) in [5.74, 6) is 0.838. The fourth-order valence-electron chi connectivity index (χ4n) is 1.76. The third-order valence-corrected chi connectivity index (χ3v) is 2.84. The maximum absolute atomic E-state index is 8.72. The predicted molar refractivity (Wildman–Crippen MR) is 74.7 cm³/mol. The number of nitrogens with zero attached hydrogens (tertiary/aromatic N) is 1. The maximum Gasteiger partial charge on any atom is 0.119 e. The molecule has 3 nitrogen and oxygen atoms in total. The molecule has 3 heteroatoms. The Morgan fingerprint density at radius 1 is 0.947 bits per heavy atom. The number of hydrogen-bond acceptors (Lipinski definition) is 3. The van der Waals surface area contributed by atoms with Gasteiger partial charge in [0.15, 0.2) is 0 Å². The fourth-order valence-corrected chi connectivity index (χ4v) is 1.76. The summed E-state index contributed by atoms with van der Waals surface area (Å²) in [7, 11) is 0. The molecule has 0 amide bonds. The molecule has 0 bridgehead atoms. The Balaban J connectivity index is 1.92. The van der Waals surface area contributed by atoms with Gasteiger partial charge in [0.1, 0.15) is 12.4 Å². The first-order chi connectivity index (χ1) is 9.31. The van der Waals surface area contributed by atoms with E-state index in [4.69, 9.17) is 15.7 Å². The Bertz CT molecular complexity index is 553. The van der Waals surface area contributed by atoms with Crippen LogP contribution in [0.5, 0.6) is 5.75 Å². The van der Waals surface area contributed by atoms with Gasteiger partial charge in [-0.25, -0.2) is 0 Å². The molecule has 0 aliphatic heterocycles. The Kier molecular flexibility index (Phi) is 4.54. The van der Waals surface area contributed by atoms with E-state index in [0.717, 1.165) is 17.7 Å². The van der Waals surface area contributed by atoms with E-state index in [1.165, 1.54) is 5.56 Å². The minimum absolute atomic E-state index is 0.502. The standard InChI is InChI=1S/C16H16N2O/c17-10-9-13-5-7-16(8-6-13)19-12-15-3-1-14(11-18)2-4-15/h1-8H,9-10,12,17H2. The number of benzene rings is 2. The second kappa shape index (κ2) is 6.58. The largest absolute Gasteiger partial charge is 0.489 e. The van der Waals surface area contributed by atoms with Crippen molar-refractivity contribution in [1.29, 1.82) is 5.26 Å². The highest BCUT2D eigenvalue weighted by Gasteiger charge is 1.97. The molecule has 0 aliphatic rings. The van der Waals surface area contributed by atoms with Crippen LogP contribution in [0.25, 0.3) is 0 Å². The number of rotatable bonds is 5. The number of ether oxygens (including phenoxy) is 1. The van der Waals surface area contributed by atoms with Gasteiger partial charge in [-0.3, -0.25) is 0 Å². The molecule has 2 aromatic carbocycles. The monoisotopic (exact) mass is 252 g/mol. The molecule has 0 atom stereocenters. The van der Waals surface area contributed by atoms with Gasteiger partial charge in [0.05, 0.1) is 11.6 Å². The number of hydrogen-bond donors (Lipinski definition) is 1. The van der Waals surface area contributed by atoms with Crippen LogP contribution >= 0.6 is 0 Å². The van der Waals surface area contributed by atoms with Crippen molar-refractivity contribution < 1.29 is 4.74 Å². The number of nitriles is 1. The molecule has 0 fully saturated rings. The first-order valence-corrected chi connectivity index (χ1v) is 6.22. The van der Waals surface area contributed by atoms with Crippen molar-refractivity contribution in [3.8, 4) is 11.8 Å². The summed E-state index contributed by atoms with van der Waals surface area (Å²) in [6.45, 7) is 1.16. The zero-order valence-corrected chi connectivity index (χ0v) is 10.7. The van der Waals surface area contributed by atoms with E-state index in [0.29, 0.717) is 18.7 Å². The zero-order chi connectivity index (χ0) is 13.5. The van der Waals surface area contributed by atoms with Crippen LogP contribution in [0.15, 0.2) is 48.5 Å². The second-order valence-electron chi connectivity index (χ2n) is 4.28. The maximum atomic E-state index is 8.72. The third-order valence-electron chi connectivity index (χ3n) is 2.84. The van der Waals surface area contributed by atoms with Gasteiger partial charge in [0, 0.05) is 0 Å². The van der Waals surface area contributed by atoms with Crippen LogP contribution in [0.4, 0.5) is 0 Å². The molecule has 2 N–H and O–H groups in total. The molecule has 0 saturated carbocycles. The highest BCUT2D eigenvalue weighted by atomic mass is 16.5. The molecular weight excluding hydrogens is 236 g/mol. The van der Waals surface area contributed by atoms with Crippen LogP contribution in [-0.4, -0.2) is 6.54 Å². The molecule has 96 valence electrons. The molecule has 0 spiro atoms. The van der Waals surface area contributed by atoms with E-state index in [-0.39, 0.29) is 0 Å². The Morgan fingerprint density at radius 2 is 1.58 bits per heavy atom. The van der Waals surface area contributed by atoms with E-state index < -0.39 is 0 Å². The normalized spacial score (nSPS) is 9.89. The van der Waals surface area contributed by atoms with Gasteiger partial charge < -0.3 is 10.5 Å². The second-order valence-corrected chi connectivity index (χ2v) is 4.28. The summed E-state index contributed by atoms with van der Waals surface area (Å²) in [4.78, 5) is 0. The molecule has 19 heavy (non-hydrogen) atoms. The topological polar surface area (TPSA) is 59.0 Å². The fraction of sp³-hybridized carbons (Fsp3) is 0.188. The van der Waals surface area contributed by atoms with Gasteiger partial charge in [0.2, 0.25) is 0 Å². The minimum atomic E-state index is 0.502. The SMILES string of the molecule is N#Cc1ccc(COc2ccc(CCN)cc2)cc1. The van der Waals surface area contributed by atoms with E-state index in [2.05, 4.69) is 6.07 Å². The van der Waals surface area contributed by atoms with Crippen LogP contribution < -0.4 is 10.5 Å². The van der Waals surface area contributed by atoms with E-state index in [1.807, 2.05) is 36.4 Å². The van der Waals surface area contributed by atoms with Crippen molar-refractivity contribution in [3.05, 3.63) is 65.2 Å². The minimum Gasteiger partial charge on any atom is -0.489 e. The lowest BCUT2D eigenvalue weighted by atomic mass is 10.1. The molecule has 0 unspecified atom stereocenters. The van der Waals surface area contributed by atoms with Crippen LogP contribution in [0, 0.1) is 11.3 Å². The van der Waals surface area contributed by atoms with Gasteiger partial charge in [-0.2, -0.15) is 5.26 Å². The highest BCUT2D eigenvalue weighted by molar-refractivity contribution is 5.32.